The fourth-order valence-electron chi connectivity index (χ4n) is 3.46. The Kier molecular flexibility index (Phi) is 6.24. The molecule has 1 saturated carbocycles. The lowest BCUT2D eigenvalue weighted by molar-refractivity contribution is 0.181. The van der Waals surface area contributed by atoms with Gasteiger partial charge in [-0.1, -0.05) is 39.3 Å². The molecule has 1 aliphatic rings. The predicted octanol–water partition coefficient (Wildman–Crippen LogP) is 5.18. The van der Waals surface area contributed by atoms with Crippen LogP contribution in [0.25, 0.3) is 0 Å². The zero-order chi connectivity index (χ0) is 15.4. The molecule has 0 heterocycles. The fraction of sp³-hybridized carbons (Fsp3) is 0.667. The van der Waals surface area contributed by atoms with Crippen LogP contribution in [0, 0.1) is 23.6 Å². The summed E-state index contributed by atoms with van der Waals surface area (Å²) < 4.78 is 14.4. The third-order valence-electron chi connectivity index (χ3n) is 4.70. The van der Waals surface area contributed by atoms with Gasteiger partial charge in [-0.3, -0.25) is 0 Å². The Hall–Kier alpha value is -0.410. The van der Waals surface area contributed by atoms with E-state index in [0.29, 0.717) is 22.4 Å². The molecular weight excluding hydrogens is 329 g/mol. The van der Waals surface area contributed by atoms with Gasteiger partial charge in [0.1, 0.15) is 5.82 Å². The highest BCUT2D eigenvalue weighted by Gasteiger charge is 2.29. The van der Waals surface area contributed by atoms with Crippen LogP contribution in [0.15, 0.2) is 22.7 Å². The summed E-state index contributed by atoms with van der Waals surface area (Å²) in [5.74, 6) is 2.00. The Morgan fingerprint density at radius 2 is 2.05 bits per heavy atom. The van der Waals surface area contributed by atoms with Crippen molar-refractivity contribution in [3.8, 4) is 0 Å². The van der Waals surface area contributed by atoms with E-state index in [1.165, 1.54) is 25.3 Å². The molecule has 3 heteroatoms. The van der Waals surface area contributed by atoms with Crippen LogP contribution in [-0.2, 0) is 6.42 Å². The van der Waals surface area contributed by atoms with Crippen LogP contribution in [0.3, 0.4) is 0 Å². The van der Waals surface area contributed by atoms with E-state index < -0.39 is 0 Å². The zero-order valence-corrected chi connectivity index (χ0v) is 14.9. The van der Waals surface area contributed by atoms with Crippen molar-refractivity contribution in [2.75, 3.05) is 6.54 Å². The van der Waals surface area contributed by atoms with Crippen molar-refractivity contribution in [2.24, 2.45) is 17.8 Å². The van der Waals surface area contributed by atoms with Gasteiger partial charge in [0.2, 0.25) is 0 Å². The lowest BCUT2D eigenvalue weighted by Crippen LogP contribution is -2.36. The molecule has 1 aromatic rings. The van der Waals surface area contributed by atoms with Crippen LogP contribution in [-0.4, -0.2) is 12.6 Å². The number of hydrogen-bond acceptors (Lipinski definition) is 1. The predicted molar refractivity (Wildman–Crippen MR) is 90.9 cm³/mol. The summed E-state index contributed by atoms with van der Waals surface area (Å²) >= 11 is 3.41. The molecule has 1 aromatic carbocycles. The van der Waals surface area contributed by atoms with Crippen molar-refractivity contribution in [3.63, 3.8) is 0 Å². The normalized spacial score (nSPS) is 26.3. The van der Waals surface area contributed by atoms with Crippen molar-refractivity contribution in [3.05, 3.63) is 34.1 Å². The summed E-state index contributed by atoms with van der Waals surface area (Å²) in [7, 11) is 0. The van der Waals surface area contributed by atoms with E-state index in [4.69, 9.17) is 0 Å². The molecule has 3 unspecified atom stereocenters. The fourth-order valence-corrected chi connectivity index (χ4v) is 3.88. The Bertz CT molecular complexity index is 461. The quantitative estimate of drug-likeness (QED) is 0.766. The topological polar surface area (TPSA) is 12.0 Å². The first-order valence-corrected chi connectivity index (χ1v) is 8.93. The van der Waals surface area contributed by atoms with Gasteiger partial charge in [-0.2, -0.15) is 0 Å². The molecule has 0 saturated heterocycles. The number of benzene rings is 1. The van der Waals surface area contributed by atoms with Crippen LogP contribution in [0.1, 0.15) is 45.6 Å². The summed E-state index contributed by atoms with van der Waals surface area (Å²) in [6, 6.07) is 5.93. The highest BCUT2D eigenvalue weighted by Crippen LogP contribution is 2.37. The third kappa shape index (κ3) is 4.79. The van der Waals surface area contributed by atoms with Crippen LogP contribution < -0.4 is 5.32 Å². The highest BCUT2D eigenvalue weighted by atomic mass is 79.9. The van der Waals surface area contributed by atoms with E-state index >= 15 is 0 Å². The number of rotatable bonds is 5. The van der Waals surface area contributed by atoms with Crippen LogP contribution >= 0.6 is 15.9 Å². The van der Waals surface area contributed by atoms with E-state index in [0.717, 1.165) is 24.4 Å². The van der Waals surface area contributed by atoms with Crippen molar-refractivity contribution in [2.45, 2.75) is 52.5 Å². The second-order valence-corrected chi connectivity index (χ2v) is 7.71. The lowest BCUT2D eigenvalue weighted by atomic mass is 9.72. The zero-order valence-electron chi connectivity index (χ0n) is 13.3. The van der Waals surface area contributed by atoms with Gasteiger partial charge in [0.25, 0.3) is 0 Å². The van der Waals surface area contributed by atoms with Gasteiger partial charge in [-0.05, 0) is 71.1 Å². The van der Waals surface area contributed by atoms with E-state index in [9.17, 15) is 4.39 Å². The first-order valence-electron chi connectivity index (χ1n) is 8.13. The van der Waals surface area contributed by atoms with Crippen LogP contribution in [0.5, 0.6) is 0 Å². The smallest absolute Gasteiger partial charge is 0.137 e. The van der Waals surface area contributed by atoms with Gasteiger partial charge in [0, 0.05) is 6.04 Å². The summed E-state index contributed by atoms with van der Waals surface area (Å²) in [5, 5.41) is 3.59. The van der Waals surface area contributed by atoms with Crippen molar-refractivity contribution in [1.82, 2.24) is 5.32 Å². The number of nitrogens with one attached hydrogen (secondary N) is 1. The first-order chi connectivity index (χ1) is 9.97. The molecule has 2 rings (SSSR count). The summed E-state index contributed by atoms with van der Waals surface area (Å²) in [5.41, 5.74) is 1.11. The molecule has 1 fully saturated rings. The molecule has 0 radical (unpaired) electrons. The molecule has 3 atom stereocenters. The monoisotopic (exact) mass is 355 g/mol. The Labute approximate surface area is 136 Å². The number of hydrogen-bond donors (Lipinski definition) is 1. The van der Waals surface area contributed by atoms with E-state index in [-0.39, 0.29) is 5.82 Å². The standard InChI is InChI=1S/C18H27BrFN/c1-12(2)21-11-15-8-7-13(3)9-16(15)10-14-5-4-6-17(20)18(14)19/h4-6,12-13,15-16,21H,7-11H2,1-3H3. The van der Waals surface area contributed by atoms with Crippen molar-refractivity contribution in [1.29, 1.82) is 0 Å². The average molecular weight is 356 g/mol. The van der Waals surface area contributed by atoms with Gasteiger partial charge in [0.05, 0.1) is 4.47 Å². The summed E-state index contributed by atoms with van der Waals surface area (Å²) in [6.07, 6.45) is 4.85. The summed E-state index contributed by atoms with van der Waals surface area (Å²) in [4.78, 5) is 0. The molecule has 0 aromatic heterocycles. The van der Waals surface area contributed by atoms with Gasteiger partial charge in [0.15, 0.2) is 0 Å². The molecule has 1 N–H and O–H groups in total. The van der Waals surface area contributed by atoms with E-state index in [1.807, 2.05) is 6.07 Å². The van der Waals surface area contributed by atoms with Gasteiger partial charge >= 0.3 is 0 Å². The molecule has 118 valence electrons. The van der Waals surface area contributed by atoms with E-state index in [1.54, 1.807) is 0 Å². The molecule has 1 nitrogen and oxygen atoms in total. The molecule has 0 aliphatic heterocycles. The molecular formula is C18H27BrFN. The maximum Gasteiger partial charge on any atom is 0.137 e. The first kappa shape index (κ1) is 17.0. The molecule has 1 aliphatic carbocycles. The molecule has 0 spiro atoms. The van der Waals surface area contributed by atoms with Crippen molar-refractivity contribution < 1.29 is 4.39 Å². The highest BCUT2D eigenvalue weighted by molar-refractivity contribution is 9.10. The van der Waals surface area contributed by atoms with Gasteiger partial charge in [-0.25, -0.2) is 4.39 Å². The second-order valence-electron chi connectivity index (χ2n) is 6.92. The second kappa shape index (κ2) is 7.73. The van der Waals surface area contributed by atoms with Crippen LogP contribution in [0.4, 0.5) is 4.39 Å². The molecule has 21 heavy (non-hydrogen) atoms. The van der Waals surface area contributed by atoms with Gasteiger partial charge in [-0.15, -0.1) is 0 Å². The van der Waals surface area contributed by atoms with E-state index in [2.05, 4.69) is 48.1 Å². The number of halogens is 2. The maximum atomic E-state index is 13.7. The Morgan fingerprint density at radius 1 is 1.29 bits per heavy atom. The van der Waals surface area contributed by atoms with Crippen molar-refractivity contribution >= 4 is 15.9 Å². The minimum atomic E-state index is -0.145. The third-order valence-corrected chi connectivity index (χ3v) is 5.59. The SMILES string of the molecule is CC1CCC(CNC(C)C)C(Cc2cccc(F)c2Br)C1. The van der Waals surface area contributed by atoms with Crippen LogP contribution in [0.2, 0.25) is 0 Å². The summed E-state index contributed by atoms with van der Waals surface area (Å²) in [6.45, 7) is 7.83. The Morgan fingerprint density at radius 3 is 2.76 bits per heavy atom. The minimum absolute atomic E-state index is 0.145. The Balaban J connectivity index is 2.07. The molecule has 0 amide bonds. The lowest BCUT2D eigenvalue weighted by Gasteiger charge is -2.36. The maximum absolute atomic E-state index is 13.7. The minimum Gasteiger partial charge on any atom is -0.314 e. The van der Waals surface area contributed by atoms with Gasteiger partial charge < -0.3 is 5.32 Å². The molecule has 0 bridgehead atoms. The largest absolute Gasteiger partial charge is 0.314 e. The average Bonchev–Trinajstić information content (AvgIpc) is 2.43.